The summed E-state index contributed by atoms with van der Waals surface area (Å²) in [6.45, 7) is 5.81. The molecule has 0 radical (unpaired) electrons. The summed E-state index contributed by atoms with van der Waals surface area (Å²) >= 11 is 5.82. The van der Waals surface area contributed by atoms with Gasteiger partial charge in [0.05, 0.1) is 0 Å². The Morgan fingerprint density at radius 2 is 1.62 bits per heavy atom. The predicted octanol–water partition coefficient (Wildman–Crippen LogP) is 5.78. The number of halogens is 1. The second-order valence-electron chi connectivity index (χ2n) is 5.28. The van der Waals surface area contributed by atoms with E-state index in [0.717, 1.165) is 0 Å². The average molecular weight is 324 g/mol. The van der Waals surface area contributed by atoms with E-state index in [0.29, 0.717) is 22.4 Å². The maximum Gasteiger partial charge on any atom is 0.338 e. The summed E-state index contributed by atoms with van der Waals surface area (Å²) in [5.41, 5.74) is 1.93. The van der Waals surface area contributed by atoms with Crippen molar-refractivity contribution in [2.45, 2.75) is 19.8 Å². The third kappa shape index (κ3) is 4.80. The highest BCUT2D eigenvalue weighted by molar-refractivity contribution is 7.60. The molecule has 1 unspecified atom stereocenters. The Balaban J connectivity index is 2.06. The first-order valence-corrected chi connectivity index (χ1v) is 9.22. The fraction of sp³-hybridized carbons (Fsp3) is 0.250. The minimum atomic E-state index is -2.98. The fourth-order valence-corrected chi connectivity index (χ4v) is 3.21. The first-order valence-electron chi connectivity index (χ1n) is 6.77. The molecule has 112 valence electrons. The van der Waals surface area contributed by atoms with E-state index in [1.165, 1.54) is 5.56 Å². The predicted molar refractivity (Wildman–Crippen MR) is 89.8 cm³/mol. The van der Waals surface area contributed by atoms with Crippen LogP contribution in [0.25, 0.3) is 0 Å². The number of anilines is 1. The van der Waals surface area contributed by atoms with E-state index in [1.807, 2.05) is 24.3 Å². The average Bonchev–Trinajstić information content (AvgIpc) is 2.41. The molecule has 2 aromatic carbocycles. The molecule has 0 heterocycles. The smallest absolute Gasteiger partial charge is 0.338 e. The van der Waals surface area contributed by atoms with Gasteiger partial charge in [-0.1, -0.05) is 37.6 Å². The summed E-state index contributed by atoms with van der Waals surface area (Å²) in [5.74, 6) is 1.05. The van der Waals surface area contributed by atoms with Crippen molar-refractivity contribution < 1.29 is 9.09 Å². The molecule has 1 N–H and O–H groups in total. The van der Waals surface area contributed by atoms with Gasteiger partial charge in [-0.25, -0.2) is 0 Å². The van der Waals surface area contributed by atoms with Crippen molar-refractivity contribution in [2.24, 2.45) is 0 Å². The molecule has 5 heteroatoms. The third-order valence-corrected chi connectivity index (χ3v) is 4.48. The van der Waals surface area contributed by atoms with Crippen molar-refractivity contribution >= 4 is 24.8 Å². The standard InChI is InChI=1S/C16H19ClNO2P/c1-12(2)13-4-10-16(11-5-13)20-21(3,19)18-15-8-6-14(17)7-9-15/h4-12H,1-3H3,(H,18,19). The number of hydrogen-bond acceptors (Lipinski definition) is 2. The van der Waals surface area contributed by atoms with E-state index in [9.17, 15) is 4.57 Å². The zero-order valence-corrected chi connectivity index (χ0v) is 14.0. The van der Waals surface area contributed by atoms with Gasteiger partial charge in [0.1, 0.15) is 5.75 Å². The van der Waals surface area contributed by atoms with Gasteiger partial charge in [-0.2, -0.15) is 0 Å². The molecule has 0 saturated carbocycles. The lowest BCUT2D eigenvalue weighted by molar-refractivity contribution is 0.493. The second kappa shape index (κ2) is 6.55. The zero-order valence-electron chi connectivity index (χ0n) is 12.3. The minimum absolute atomic E-state index is 0.458. The van der Waals surface area contributed by atoms with E-state index < -0.39 is 7.52 Å². The van der Waals surface area contributed by atoms with E-state index in [2.05, 4.69) is 18.9 Å². The molecule has 0 aliphatic carbocycles. The molecule has 0 aliphatic rings. The lowest BCUT2D eigenvalue weighted by Crippen LogP contribution is -2.02. The van der Waals surface area contributed by atoms with Gasteiger partial charge in [0.25, 0.3) is 0 Å². The Morgan fingerprint density at radius 1 is 1.05 bits per heavy atom. The molecule has 0 aliphatic heterocycles. The van der Waals surface area contributed by atoms with Crippen LogP contribution in [0.2, 0.25) is 5.02 Å². The minimum Gasteiger partial charge on any atom is -0.429 e. The lowest BCUT2D eigenvalue weighted by Gasteiger charge is -2.18. The number of nitrogens with one attached hydrogen (secondary N) is 1. The van der Waals surface area contributed by atoms with Crippen molar-refractivity contribution in [3.8, 4) is 5.75 Å². The Morgan fingerprint density at radius 3 is 2.14 bits per heavy atom. The van der Waals surface area contributed by atoms with Crippen LogP contribution >= 0.6 is 19.1 Å². The molecule has 0 bridgehead atoms. The van der Waals surface area contributed by atoms with Crippen molar-refractivity contribution in [1.82, 2.24) is 0 Å². The van der Waals surface area contributed by atoms with Crippen molar-refractivity contribution in [3.63, 3.8) is 0 Å². The molecular weight excluding hydrogens is 305 g/mol. The maximum atomic E-state index is 12.5. The summed E-state index contributed by atoms with van der Waals surface area (Å²) in [5, 5.41) is 3.54. The Bertz CT molecular complexity index is 638. The highest BCUT2D eigenvalue weighted by atomic mass is 35.5. The highest BCUT2D eigenvalue weighted by Gasteiger charge is 2.17. The molecule has 0 amide bonds. The molecular formula is C16H19ClNO2P. The Kier molecular flexibility index (Phi) is 4.97. The molecule has 0 aromatic heterocycles. The third-order valence-electron chi connectivity index (χ3n) is 3.00. The largest absolute Gasteiger partial charge is 0.429 e. The number of hydrogen-bond donors (Lipinski definition) is 1. The van der Waals surface area contributed by atoms with Crippen LogP contribution in [0.15, 0.2) is 48.5 Å². The van der Waals surface area contributed by atoms with Crippen LogP contribution in [0.1, 0.15) is 25.3 Å². The van der Waals surface area contributed by atoms with Gasteiger partial charge in [0, 0.05) is 17.4 Å². The van der Waals surface area contributed by atoms with Crippen LogP contribution < -0.4 is 9.61 Å². The topological polar surface area (TPSA) is 38.3 Å². The van der Waals surface area contributed by atoms with Gasteiger partial charge in [-0.05, 0) is 47.9 Å². The molecule has 2 rings (SSSR count). The van der Waals surface area contributed by atoms with Crippen molar-refractivity contribution in [2.75, 3.05) is 11.8 Å². The van der Waals surface area contributed by atoms with Gasteiger partial charge in [-0.15, -0.1) is 0 Å². The molecule has 3 nitrogen and oxygen atoms in total. The van der Waals surface area contributed by atoms with Crippen LogP contribution in [0.3, 0.4) is 0 Å². The van der Waals surface area contributed by atoms with E-state index in [4.69, 9.17) is 16.1 Å². The zero-order chi connectivity index (χ0) is 15.5. The van der Waals surface area contributed by atoms with Crippen LogP contribution in [0.4, 0.5) is 5.69 Å². The molecule has 1 atom stereocenters. The molecule has 0 saturated heterocycles. The van der Waals surface area contributed by atoms with Crippen molar-refractivity contribution in [1.29, 1.82) is 0 Å². The monoisotopic (exact) mass is 323 g/mol. The van der Waals surface area contributed by atoms with Crippen LogP contribution in [-0.4, -0.2) is 6.66 Å². The first kappa shape index (κ1) is 15.9. The summed E-state index contributed by atoms with van der Waals surface area (Å²) in [6, 6.07) is 14.7. The van der Waals surface area contributed by atoms with Gasteiger partial charge >= 0.3 is 7.52 Å². The van der Waals surface area contributed by atoms with E-state index in [-0.39, 0.29) is 0 Å². The van der Waals surface area contributed by atoms with E-state index >= 15 is 0 Å². The van der Waals surface area contributed by atoms with Gasteiger partial charge in [0.2, 0.25) is 0 Å². The van der Waals surface area contributed by atoms with Crippen LogP contribution in [0, 0.1) is 0 Å². The van der Waals surface area contributed by atoms with Crippen LogP contribution in [0.5, 0.6) is 5.75 Å². The van der Waals surface area contributed by atoms with Gasteiger partial charge < -0.3 is 9.61 Å². The summed E-state index contributed by atoms with van der Waals surface area (Å²) < 4.78 is 18.1. The summed E-state index contributed by atoms with van der Waals surface area (Å²) in [4.78, 5) is 0. The van der Waals surface area contributed by atoms with Gasteiger partial charge in [-0.3, -0.25) is 4.57 Å². The number of benzene rings is 2. The maximum absolute atomic E-state index is 12.5. The highest BCUT2D eigenvalue weighted by Crippen LogP contribution is 2.43. The quantitative estimate of drug-likeness (QED) is 0.709. The van der Waals surface area contributed by atoms with Gasteiger partial charge in [0.15, 0.2) is 0 Å². The lowest BCUT2D eigenvalue weighted by atomic mass is 10.0. The first-order chi connectivity index (χ1) is 9.85. The second-order valence-corrected chi connectivity index (χ2v) is 7.81. The van der Waals surface area contributed by atoms with E-state index in [1.54, 1.807) is 30.9 Å². The summed E-state index contributed by atoms with van der Waals surface area (Å²) in [7, 11) is -2.98. The fourth-order valence-electron chi connectivity index (χ4n) is 1.90. The number of rotatable bonds is 5. The Labute approximate surface area is 130 Å². The summed E-state index contributed by atoms with van der Waals surface area (Å²) in [6.07, 6.45) is 0. The SMILES string of the molecule is CC(C)c1ccc(OP(C)(=O)Nc2ccc(Cl)cc2)cc1. The molecule has 21 heavy (non-hydrogen) atoms. The molecule has 0 fully saturated rings. The molecule has 2 aromatic rings. The normalized spacial score (nSPS) is 13.8. The molecule has 0 spiro atoms. The van der Waals surface area contributed by atoms with Crippen molar-refractivity contribution in [3.05, 3.63) is 59.1 Å². The Hall–Kier alpha value is -1.44. The van der Waals surface area contributed by atoms with Crippen LogP contribution in [-0.2, 0) is 4.57 Å².